The van der Waals surface area contributed by atoms with Crippen LogP contribution in [0.1, 0.15) is 42.3 Å². The predicted molar refractivity (Wildman–Crippen MR) is 98.6 cm³/mol. The SMILES string of the molecule is COc1ccc(S(N)(=O)=O)cc1C(=O)OCc1ccc(C(C)(C)C)cc1. The average Bonchev–Trinajstić information content (AvgIpc) is 2.57. The maximum Gasteiger partial charge on any atom is 0.342 e. The van der Waals surface area contributed by atoms with Crippen molar-refractivity contribution in [2.75, 3.05) is 7.11 Å². The number of esters is 1. The molecule has 0 radical (unpaired) electrons. The van der Waals surface area contributed by atoms with E-state index in [0.29, 0.717) is 0 Å². The number of benzene rings is 2. The highest BCUT2D eigenvalue weighted by Gasteiger charge is 2.19. The summed E-state index contributed by atoms with van der Waals surface area (Å²) >= 11 is 0. The Kier molecular flexibility index (Phi) is 5.73. The normalized spacial score (nSPS) is 11.9. The van der Waals surface area contributed by atoms with Crippen molar-refractivity contribution in [3.05, 3.63) is 59.2 Å². The highest BCUT2D eigenvalue weighted by Crippen LogP contribution is 2.24. The minimum atomic E-state index is -3.93. The molecule has 0 amide bonds. The first-order valence-corrected chi connectivity index (χ1v) is 9.54. The summed E-state index contributed by atoms with van der Waals surface area (Å²) in [5, 5.41) is 5.11. The van der Waals surface area contributed by atoms with Gasteiger partial charge in [0.15, 0.2) is 0 Å². The number of nitrogens with two attached hydrogens (primary N) is 1. The van der Waals surface area contributed by atoms with Crippen molar-refractivity contribution >= 4 is 16.0 Å². The fourth-order valence-electron chi connectivity index (χ4n) is 2.35. The van der Waals surface area contributed by atoms with Crippen molar-refractivity contribution in [1.82, 2.24) is 0 Å². The Labute approximate surface area is 154 Å². The van der Waals surface area contributed by atoms with E-state index in [2.05, 4.69) is 20.8 Å². The van der Waals surface area contributed by atoms with E-state index in [0.717, 1.165) is 11.6 Å². The molecule has 0 atom stereocenters. The summed E-state index contributed by atoms with van der Waals surface area (Å²) in [7, 11) is -2.55. The summed E-state index contributed by atoms with van der Waals surface area (Å²) in [5.41, 5.74) is 2.05. The van der Waals surface area contributed by atoms with E-state index in [9.17, 15) is 13.2 Å². The van der Waals surface area contributed by atoms with E-state index in [1.807, 2.05) is 24.3 Å². The molecule has 2 rings (SSSR count). The number of carbonyl (C=O) groups excluding carboxylic acids is 1. The first-order chi connectivity index (χ1) is 12.0. The number of ether oxygens (including phenoxy) is 2. The molecule has 0 bridgehead atoms. The molecule has 2 N–H and O–H groups in total. The molecule has 0 saturated heterocycles. The second-order valence-electron chi connectivity index (χ2n) is 6.93. The van der Waals surface area contributed by atoms with Gasteiger partial charge in [0, 0.05) is 0 Å². The van der Waals surface area contributed by atoms with Gasteiger partial charge >= 0.3 is 5.97 Å². The molecule has 2 aromatic carbocycles. The minimum absolute atomic E-state index is 0.00494. The molecule has 2 aromatic rings. The van der Waals surface area contributed by atoms with Crippen LogP contribution in [0.2, 0.25) is 0 Å². The Morgan fingerprint density at radius 2 is 1.69 bits per heavy atom. The second kappa shape index (κ2) is 7.47. The standard InChI is InChI=1S/C19H23NO5S/c1-19(2,3)14-7-5-13(6-8-14)12-25-18(21)16-11-15(26(20,22)23)9-10-17(16)24-4/h5-11H,12H2,1-4H3,(H2,20,22,23). The summed E-state index contributed by atoms with van der Waals surface area (Å²) in [4.78, 5) is 12.2. The first kappa shape index (κ1) is 19.9. The largest absolute Gasteiger partial charge is 0.496 e. The molecule has 0 spiro atoms. The van der Waals surface area contributed by atoms with Crippen LogP contribution in [-0.2, 0) is 26.8 Å². The van der Waals surface area contributed by atoms with E-state index in [1.165, 1.54) is 24.8 Å². The lowest BCUT2D eigenvalue weighted by atomic mass is 9.87. The van der Waals surface area contributed by atoms with Crippen LogP contribution in [0.15, 0.2) is 47.4 Å². The summed E-state index contributed by atoms with van der Waals surface area (Å²) in [5.74, 6) is -0.474. The second-order valence-corrected chi connectivity index (χ2v) is 8.49. The fraction of sp³-hybridized carbons (Fsp3) is 0.316. The zero-order valence-corrected chi connectivity index (χ0v) is 16.1. The third kappa shape index (κ3) is 4.83. The Hall–Kier alpha value is -2.38. The third-order valence-corrected chi connectivity index (χ3v) is 4.82. The van der Waals surface area contributed by atoms with E-state index < -0.39 is 16.0 Å². The van der Waals surface area contributed by atoms with Gasteiger partial charge in [-0.2, -0.15) is 0 Å². The summed E-state index contributed by atoms with van der Waals surface area (Å²) in [6, 6.07) is 11.6. The molecule has 0 fully saturated rings. The van der Waals surface area contributed by atoms with Crippen LogP contribution in [-0.4, -0.2) is 21.5 Å². The summed E-state index contributed by atoms with van der Waals surface area (Å²) in [6.07, 6.45) is 0. The maximum absolute atomic E-state index is 12.4. The molecule has 0 aliphatic carbocycles. The predicted octanol–water partition coefficient (Wildman–Crippen LogP) is 3.00. The molecule has 6 nitrogen and oxygen atoms in total. The molecule has 0 aliphatic heterocycles. The molecule has 0 aromatic heterocycles. The number of hydrogen-bond donors (Lipinski definition) is 1. The van der Waals surface area contributed by atoms with Crippen molar-refractivity contribution in [2.24, 2.45) is 5.14 Å². The lowest BCUT2D eigenvalue weighted by Gasteiger charge is -2.19. The van der Waals surface area contributed by atoms with Gasteiger partial charge in [0.1, 0.15) is 17.9 Å². The van der Waals surface area contributed by atoms with Gasteiger partial charge in [0.25, 0.3) is 0 Å². The van der Waals surface area contributed by atoms with Crippen molar-refractivity contribution < 1.29 is 22.7 Å². The number of primary sulfonamides is 1. The molecule has 0 saturated carbocycles. The van der Waals surface area contributed by atoms with Crippen molar-refractivity contribution in [2.45, 2.75) is 37.7 Å². The van der Waals surface area contributed by atoms with E-state index in [1.54, 1.807) is 0 Å². The Bertz CT molecular complexity index is 897. The van der Waals surface area contributed by atoms with Crippen molar-refractivity contribution in [1.29, 1.82) is 0 Å². The van der Waals surface area contributed by atoms with Gasteiger partial charge in [-0.3, -0.25) is 0 Å². The van der Waals surface area contributed by atoms with Gasteiger partial charge < -0.3 is 9.47 Å². The van der Waals surface area contributed by atoms with E-state index >= 15 is 0 Å². The van der Waals surface area contributed by atoms with Crippen molar-refractivity contribution in [3.8, 4) is 5.75 Å². The highest BCUT2D eigenvalue weighted by molar-refractivity contribution is 7.89. The van der Waals surface area contributed by atoms with Gasteiger partial charge in [-0.25, -0.2) is 18.4 Å². The summed E-state index contributed by atoms with van der Waals surface area (Å²) < 4.78 is 33.4. The molecule has 0 aliphatic rings. The smallest absolute Gasteiger partial charge is 0.342 e. The van der Waals surface area contributed by atoms with Crippen LogP contribution >= 0.6 is 0 Å². The first-order valence-electron chi connectivity index (χ1n) is 8.00. The number of rotatable bonds is 5. The van der Waals surface area contributed by atoms with Crippen LogP contribution in [0.5, 0.6) is 5.75 Å². The van der Waals surface area contributed by atoms with E-state index in [-0.39, 0.29) is 28.2 Å². The molecule has 7 heteroatoms. The van der Waals surface area contributed by atoms with Gasteiger partial charge in [-0.1, -0.05) is 45.0 Å². The highest BCUT2D eigenvalue weighted by atomic mass is 32.2. The summed E-state index contributed by atoms with van der Waals surface area (Å²) in [6.45, 7) is 6.42. The quantitative estimate of drug-likeness (QED) is 0.808. The monoisotopic (exact) mass is 377 g/mol. The molecular weight excluding hydrogens is 354 g/mol. The number of sulfonamides is 1. The fourth-order valence-corrected chi connectivity index (χ4v) is 2.89. The van der Waals surface area contributed by atoms with Gasteiger partial charge in [-0.05, 0) is 34.7 Å². The zero-order valence-electron chi connectivity index (χ0n) is 15.3. The number of methoxy groups -OCH3 is 1. The van der Waals surface area contributed by atoms with E-state index in [4.69, 9.17) is 14.6 Å². The maximum atomic E-state index is 12.4. The average molecular weight is 377 g/mol. The lowest BCUT2D eigenvalue weighted by molar-refractivity contribution is 0.0468. The molecule has 0 unspecified atom stereocenters. The Morgan fingerprint density at radius 1 is 1.08 bits per heavy atom. The molecule has 140 valence electrons. The minimum Gasteiger partial charge on any atom is -0.496 e. The third-order valence-electron chi connectivity index (χ3n) is 3.91. The van der Waals surface area contributed by atoms with Crippen LogP contribution < -0.4 is 9.88 Å². The van der Waals surface area contributed by atoms with Crippen LogP contribution in [0.4, 0.5) is 0 Å². The number of hydrogen-bond acceptors (Lipinski definition) is 5. The topological polar surface area (TPSA) is 95.7 Å². The molecule has 26 heavy (non-hydrogen) atoms. The van der Waals surface area contributed by atoms with Crippen molar-refractivity contribution in [3.63, 3.8) is 0 Å². The molecular formula is C19H23NO5S. The zero-order chi connectivity index (χ0) is 19.5. The Balaban J connectivity index is 2.17. The van der Waals surface area contributed by atoms with Gasteiger partial charge in [-0.15, -0.1) is 0 Å². The van der Waals surface area contributed by atoms with Crippen LogP contribution in [0.25, 0.3) is 0 Å². The van der Waals surface area contributed by atoms with Gasteiger partial charge in [0.2, 0.25) is 10.0 Å². The molecule has 0 heterocycles. The Morgan fingerprint density at radius 3 is 2.19 bits per heavy atom. The van der Waals surface area contributed by atoms with Crippen LogP contribution in [0.3, 0.4) is 0 Å². The lowest BCUT2D eigenvalue weighted by Crippen LogP contribution is -2.14. The van der Waals surface area contributed by atoms with Crippen LogP contribution in [0, 0.1) is 0 Å². The van der Waals surface area contributed by atoms with Gasteiger partial charge in [0.05, 0.1) is 12.0 Å². The number of carbonyl (C=O) groups is 1.